The monoisotopic (exact) mass is 271 g/mol. The summed E-state index contributed by atoms with van der Waals surface area (Å²) < 4.78 is 26.2. The van der Waals surface area contributed by atoms with Crippen LogP contribution in [-0.4, -0.2) is 48.2 Å². The summed E-state index contributed by atoms with van der Waals surface area (Å²) in [5, 5.41) is 18.5. The molecular formula is C12H17NO4S. The molecule has 0 saturated carbocycles. The van der Waals surface area contributed by atoms with Gasteiger partial charge in [0.1, 0.15) is 0 Å². The Morgan fingerprint density at radius 2 is 1.56 bits per heavy atom. The lowest BCUT2D eigenvalue weighted by Gasteiger charge is -2.27. The summed E-state index contributed by atoms with van der Waals surface area (Å²) in [6, 6.07) is 7.23. The van der Waals surface area contributed by atoms with Crippen molar-refractivity contribution in [3.8, 4) is 0 Å². The van der Waals surface area contributed by atoms with Crippen LogP contribution in [-0.2, 0) is 10.0 Å². The molecule has 0 bridgehead atoms. The van der Waals surface area contributed by atoms with Gasteiger partial charge in [0.2, 0.25) is 10.0 Å². The summed E-state index contributed by atoms with van der Waals surface area (Å²) in [6.07, 6.45) is 1.15. The molecule has 2 rings (SSSR count). The number of aliphatic hydroxyl groups excluding tert-OH is 2. The minimum absolute atomic E-state index is 0.198. The van der Waals surface area contributed by atoms with E-state index in [0.29, 0.717) is 12.8 Å². The van der Waals surface area contributed by atoms with Gasteiger partial charge in [0, 0.05) is 12.1 Å². The Morgan fingerprint density at radius 3 is 2.00 bits per heavy atom. The van der Waals surface area contributed by atoms with Crippen molar-refractivity contribution in [2.24, 2.45) is 0 Å². The van der Waals surface area contributed by atoms with Gasteiger partial charge < -0.3 is 10.2 Å². The molecule has 1 heterocycles. The standard InChI is InChI=1S/C12H17NO4S/c14-8-10-6-7-11(9-15)13(10)18(16,17)12-4-2-1-3-5-12/h1-5,10-11,14-15H,6-9H2/t10-,11+. The van der Waals surface area contributed by atoms with E-state index >= 15 is 0 Å². The van der Waals surface area contributed by atoms with Crippen LogP contribution in [0.3, 0.4) is 0 Å². The van der Waals surface area contributed by atoms with Gasteiger partial charge in [-0.15, -0.1) is 0 Å². The van der Waals surface area contributed by atoms with E-state index in [-0.39, 0.29) is 18.1 Å². The van der Waals surface area contributed by atoms with Crippen LogP contribution in [0.4, 0.5) is 0 Å². The van der Waals surface area contributed by atoms with E-state index in [1.54, 1.807) is 18.2 Å². The van der Waals surface area contributed by atoms with Gasteiger partial charge in [0.25, 0.3) is 0 Å². The van der Waals surface area contributed by atoms with Crippen molar-refractivity contribution in [1.29, 1.82) is 0 Å². The smallest absolute Gasteiger partial charge is 0.243 e. The van der Waals surface area contributed by atoms with Crippen LogP contribution in [0.1, 0.15) is 12.8 Å². The molecule has 0 radical (unpaired) electrons. The third kappa shape index (κ3) is 2.29. The van der Waals surface area contributed by atoms with Crippen molar-refractivity contribution >= 4 is 10.0 Å². The number of hydrogen-bond acceptors (Lipinski definition) is 4. The first-order chi connectivity index (χ1) is 8.61. The molecule has 1 aromatic rings. The Hall–Kier alpha value is -0.950. The quantitative estimate of drug-likeness (QED) is 0.819. The lowest BCUT2D eigenvalue weighted by Crippen LogP contribution is -2.44. The zero-order valence-corrected chi connectivity index (χ0v) is 10.8. The number of aliphatic hydroxyl groups is 2. The third-order valence-corrected chi connectivity index (χ3v) is 5.31. The van der Waals surface area contributed by atoms with Crippen LogP contribution in [0, 0.1) is 0 Å². The molecule has 0 aliphatic carbocycles. The molecule has 1 aromatic carbocycles. The lowest BCUT2D eigenvalue weighted by molar-refractivity contribution is 0.161. The second-order valence-corrected chi connectivity index (χ2v) is 6.24. The highest BCUT2D eigenvalue weighted by atomic mass is 32.2. The number of nitrogens with zero attached hydrogens (tertiary/aromatic N) is 1. The van der Waals surface area contributed by atoms with Gasteiger partial charge >= 0.3 is 0 Å². The molecule has 1 fully saturated rings. The average Bonchev–Trinajstić information content (AvgIpc) is 2.83. The highest BCUT2D eigenvalue weighted by Gasteiger charge is 2.41. The predicted octanol–water partition coefficient (Wildman–Crippen LogP) is 0.193. The first kappa shape index (κ1) is 13.5. The lowest BCUT2D eigenvalue weighted by atomic mass is 10.2. The molecule has 6 heteroatoms. The van der Waals surface area contributed by atoms with Crippen molar-refractivity contribution < 1.29 is 18.6 Å². The summed E-state index contributed by atoms with van der Waals surface area (Å²) in [5.41, 5.74) is 0. The van der Waals surface area contributed by atoms with E-state index in [1.807, 2.05) is 0 Å². The minimum Gasteiger partial charge on any atom is -0.395 e. The molecular weight excluding hydrogens is 254 g/mol. The summed E-state index contributed by atoms with van der Waals surface area (Å²) in [7, 11) is -3.65. The van der Waals surface area contributed by atoms with Crippen molar-refractivity contribution in [3.05, 3.63) is 30.3 Å². The maximum atomic E-state index is 12.5. The summed E-state index contributed by atoms with van der Waals surface area (Å²) in [4.78, 5) is 0.198. The van der Waals surface area contributed by atoms with Crippen LogP contribution in [0.2, 0.25) is 0 Å². The van der Waals surface area contributed by atoms with Crippen molar-refractivity contribution in [3.63, 3.8) is 0 Å². The van der Waals surface area contributed by atoms with Gasteiger partial charge in [-0.2, -0.15) is 4.31 Å². The highest BCUT2D eigenvalue weighted by Crippen LogP contribution is 2.30. The SMILES string of the molecule is O=S(=O)(c1ccccc1)N1[C@H](CO)CC[C@@H]1CO. The van der Waals surface area contributed by atoms with E-state index < -0.39 is 22.1 Å². The van der Waals surface area contributed by atoms with Gasteiger partial charge in [-0.05, 0) is 25.0 Å². The highest BCUT2D eigenvalue weighted by molar-refractivity contribution is 7.89. The Kier molecular flexibility index (Phi) is 4.01. The van der Waals surface area contributed by atoms with Crippen LogP contribution in [0.25, 0.3) is 0 Å². The summed E-state index contributed by atoms with van der Waals surface area (Å²) in [5.74, 6) is 0. The van der Waals surface area contributed by atoms with Crippen LogP contribution in [0.15, 0.2) is 35.2 Å². The topological polar surface area (TPSA) is 77.8 Å². The molecule has 2 atom stereocenters. The molecule has 1 aliphatic heterocycles. The van der Waals surface area contributed by atoms with E-state index in [2.05, 4.69) is 0 Å². The van der Waals surface area contributed by atoms with Gasteiger partial charge in [-0.1, -0.05) is 18.2 Å². The van der Waals surface area contributed by atoms with Gasteiger partial charge in [-0.3, -0.25) is 0 Å². The normalized spacial score (nSPS) is 25.4. The second kappa shape index (κ2) is 5.36. The number of rotatable bonds is 4. The number of hydrogen-bond donors (Lipinski definition) is 2. The Morgan fingerprint density at radius 1 is 1.06 bits per heavy atom. The molecule has 0 amide bonds. The van der Waals surface area contributed by atoms with Gasteiger partial charge in [0.15, 0.2) is 0 Å². The summed E-state index contributed by atoms with van der Waals surface area (Å²) >= 11 is 0. The fraction of sp³-hybridized carbons (Fsp3) is 0.500. The summed E-state index contributed by atoms with van der Waals surface area (Å²) in [6.45, 7) is -0.439. The number of sulfonamides is 1. The van der Waals surface area contributed by atoms with Crippen molar-refractivity contribution in [2.45, 2.75) is 29.8 Å². The van der Waals surface area contributed by atoms with Crippen LogP contribution < -0.4 is 0 Å². The second-order valence-electron chi connectivity index (χ2n) is 4.40. The van der Waals surface area contributed by atoms with Crippen molar-refractivity contribution in [2.75, 3.05) is 13.2 Å². The van der Waals surface area contributed by atoms with Crippen LogP contribution in [0.5, 0.6) is 0 Å². The molecule has 1 saturated heterocycles. The molecule has 100 valence electrons. The van der Waals surface area contributed by atoms with Gasteiger partial charge in [-0.25, -0.2) is 8.42 Å². The fourth-order valence-corrected chi connectivity index (χ4v) is 4.26. The van der Waals surface area contributed by atoms with E-state index in [9.17, 15) is 18.6 Å². The first-order valence-corrected chi connectivity index (χ1v) is 7.35. The zero-order valence-electron chi connectivity index (χ0n) is 9.94. The number of benzene rings is 1. The molecule has 0 unspecified atom stereocenters. The van der Waals surface area contributed by atoms with E-state index in [1.165, 1.54) is 16.4 Å². The maximum absolute atomic E-state index is 12.5. The maximum Gasteiger partial charge on any atom is 0.243 e. The Bertz CT molecular complexity index is 476. The van der Waals surface area contributed by atoms with Crippen molar-refractivity contribution in [1.82, 2.24) is 4.31 Å². The molecule has 18 heavy (non-hydrogen) atoms. The predicted molar refractivity (Wildman–Crippen MR) is 66.4 cm³/mol. The fourth-order valence-electron chi connectivity index (χ4n) is 2.39. The molecule has 0 aromatic heterocycles. The molecule has 1 aliphatic rings. The molecule has 2 N–H and O–H groups in total. The zero-order chi connectivity index (χ0) is 13.2. The first-order valence-electron chi connectivity index (χ1n) is 5.91. The van der Waals surface area contributed by atoms with Gasteiger partial charge in [0.05, 0.1) is 18.1 Å². The van der Waals surface area contributed by atoms with Crippen LogP contribution >= 0.6 is 0 Å². The van der Waals surface area contributed by atoms with E-state index in [0.717, 1.165) is 0 Å². The average molecular weight is 271 g/mol. The van der Waals surface area contributed by atoms with E-state index in [4.69, 9.17) is 0 Å². The molecule has 0 spiro atoms. The Balaban J connectivity index is 2.39. The largest absolute Gasteiger partial charge is 0.395 e. The third-order valence-electron chi connectivity index (χ3n) is 3.29. The Labute approximate surface area is 107 Å². The minimum atomic E-state index is -3.65. The molecule has 5 nitrogen and oxygen atoms in total.